The van der Waals surface area contributed by atoms with E-state index in [2.05, 4.69) is 15.6 Å². The first-order valence-corrected chi connectivity index (χ1v) is 9.75. The highest BCUT2D eigenvalue weighted by Gasteiger charge is 2.09. The SMILES string of the molecule is COc1ccc(CCNC(=O)Nc2nc(-c3ccc(OC)c(C)c3)cs2)cc1. The molecule has 0 fully saturated rings. The third kappa shape index (κ3) is 5.01. The summed E-state index contributed by atoms with van der Waals surface area (Å²) in [6.45, 7) is 2.53. The molecular formula is C21H23N3O3S. The first-order chi connectivity index (χ1) is 13.6. The molecule has 2 aromatic carbocycles. The molecule has 0 aliphatic heterocycles. The number of carbonyl (C=O) groups excluding carboxylic acids is 1. The van der Waals surface area contributed by atoms with Gasteiger partial charge < -0.3 is 14.8 Å². The maximum absolute atomic E-state index is 12.1. The van der Waals surface area contributed by atoms with Crippen LogP contribution in [0.2, 0.25) is 0 Å². The van der Waals surface area contributed by atoms with Crippen molar-refractivity contribution in [2.45, 2.75) is 13.3 Å². The fraction of sp³-hybridized carbons (Fsp3) is 0.238. The number of anilines is 1. The predicted molar refractivity (Wildman–Crippen MR) is 113 cm³/mol. The van der Waals surface area contributed by atoms with Gasteiger partial charge in [-0.3, -0.25) is 5.32 Å². The number of aromatic nitrogens is 1. The van der Waals surface area contributed by atoms with Gasteiger partial charge in [-0.25, -0.2) is 9.78 Å². The number of ether oxygens (including phenoxy) is 2. The number of nitrogens with one attached hydrogen (secondary N) is 2. The number of hydrogen-bond acceptors (Lipinski definition) is 5. The molecule has 0 spiro atoms. The minimum absolute atomic E-state index is 0.264. The minimum Gasteiger partial charge on any atom is -0.497 e. The van der Waals surface area contributed by atoms with Crippen LogP contribution < -0.4 is 20.1 Å². The van der Waals surface area contributed by atoms with E-state index in [4.69, 9.17) is 9.47 Å². The Morgan fingerprint density at radius 2 is 1.89 bits per heavy atom. The second-order valence-corrected chi connectivity index (χ2v) is 7.06. The summed E-state index contributed by atoms with van der Waals surface area (Å²) < 4.78 is 10.4. The maximum atomic E-state index is 12.1. The standard InChI is InChI=1S/C21H23N3O3S/c1-14-12-16(6-9-19(14)27-3)18-13-28-21(23-18)24-20(25)22-11-10-15-4-7-17(26-2)8-5-15/h4-9,12-13H,10-11H2,1-3H3,(H2,22,23,24,25). The van der Waals surface area contributed by atoms with Crippen LogP contribution in [0.15, 0.2) is 47.8 Å². The van der Waals surface area contributed by atoms with E-state index < -0.39 is 0 Å². The van der Waals surface area contributed by atoms with E-state index in [1.807, 2.05) is 54.8 Å². The Kier molecular flexibility index (Phi) is 6.49. The molecule has 3 aromatic rings. The van der Waals surface area contributed by atoms with Crippen molar-refractivity contribution in [2.75, 3.05) is 26.1 Å². The predicted octanol–water partition coefficient (Wildman–Crippen LogP) is 4.50. The molecule has 0 saturated heterocycles. The summed E-state index contributed by atoms with van der Waals surface area (Å²) in [5.41, 5.74) is 3.98. The number of nitrogens with zero attached hydrogens (tertiary/aromatic N) is 1. The molecule has 0 unspecified atom stereocenters. The second kappa shape index (κ2) is 9.23. The normalized spacial score (nSPS) is 10.4. The molecule has 0 aliphatic carbocycles. The quantitative estimate of drug-likeness (QED) is 0.616. The summed E-state index contributed by atoms with van der Waals surface area (Å²) in [5, 5.41) is 8.12. The van der Waals surface area contributed by atoms with Gasteiger partial charge in [0.1, 0.15) is 11.5 Å². The van der Waals surface area contributed by atoms with Gasteiger partial charge in [-0.1, -0.05) is 12.1 Å². The summed E-state index contributed by atoms with van der Waals surface area (Å²) in [4.78, 5) is 16.6. The van der Waals surface area contributed by atoms with Gasteiger partial charge in [-0.05, 0) is 54.8 Å². The zero-order valence-electron chi connectivity index (χ0n) is 16.1. The summed E-state index contributed by atoms with van der Waals surface area (Å²) >= 11 is 1.39. The minimum atomic E-state index is -0.264. The highest BCUT2D eigenvalue weighted by atomic mass is 32.1. The molecule has 2 amide bonds. The Morgan fingerprint density at radius 1 is 1.11 bits per heavy atom. The molecule has 6 nitrogen and oxygen atoms in total. The summed E-state index contributed by atoms with van der Waals surface area (Å²) in [7, 11) is 3.29. The molecule has 28 heavy (non-hydrogen) atoms. The first kappa shape index (κ1) is 19.7. The number of amides is 2. The van der Waals surface area contributed by atoms with Crippen molar-refractivity contribution in [3.8, 4) is 22.8 Å². The van der Waals surface area contributed by atoms with E-state index in [9.17, 15) is 4.79 Å². The Bertz CT molecular complexity index is 938. The summed E-state index contributed by atoms with van der Waals surface area (Å²) in [5.74, 6) is 1.66. The van der Waals surface area contributed by atoms with E-state index >= 15 is 0 Å². The van der Waals surface area contributed by atoms with E-state index in [-0.39, 0.29) is 6.03 Å². The zero-order valence-corrected chi connectivity index (χ0v) is 16.9. The molecule has 146 valence electrons. The molecule has 0 saturated carbocycles. The number of aryl methyl sites for hydroxylation is 1. The molecule has 0 bridgehead atoms. The average Bonchev–Trinajstić information content (AvgIpc) is 3.17. The van der Waals surface area contributed by atoms with Crippen molar-refractivity contribution in [1.29, 1.82) is 0 Å². The molecule has 3 rings (SSSR count). The van der Waals surface area contributed by atoms with Crippen LogP contribution in [0.4, 0.5) is 9.93 Å². The molecule has 1 heterocycles. The van der Waals surface area contributed by atoms with Crippen LogP contribution in [0.25, 0.3) is 11.3 Å². The average molecular weight is 398 g/mol. The molecule has 7 heteroatoms. The monoisotopic (exact) mass is 397 g/mol. The highest BCUT2D eigenvalue weighted by molar-refractivity contribution is 7.14. The lowest BCUT2D eigenvalue weighted by Crippen LogP contribution is -2.30. The van der Waals surface area contributed by atoms with Gasteiger partial charge in [-0.2, -0.15) is 0 Å². The van der Waals surface area contributed by atoms with Crippen molar-refractivity contribution in [1.82, 2.24) is 10.3 Å². The topological polar surface area (TPSA) is 72.5 Å². The van der Waals surface area contributed by atoms with Gasteiger partial charge in [0.25, 0.3) is 0 Å². The van der Waals surface area contributed by atoms with E-state index in [1.54, 1.807) is 14.2 Å². The molecule has 0 atom stereocenters. The van der Waals surface area contributed by atoms with Crippen LogP contribution in [0, 0.1) is 6.92 Å². The van der Waals surface area contributed by atoms with Crippen molar-refractivity contribution >= 4 is 22.5 Å². The Labute approximate surface area is 168 Å². The van der Waals surface area contributed by atoms with Crippen LogP contribution >= 0.6 is 11.3 Å². The van der Waals surface area contributed by atoms with Gasteiger partial charge in [-0.15, -0.1) is 11.3 Å². The van der Waals surface area contributed by atoms with Crippen LogP contribution in [0.1, 0.15) is 11.1 Å². The molecule has 0 aliphatic rings. The lowest BCUT2D eigenvalue weighted by atomic mass is 10.1. The summed E-state index contributed by atoms with van der Waals surface area (Å²) in [6, 6.07) is 13.4. The highest BCUT2D eigenvalue weighted by Crippen LogP contribution is 2.28. The number of thiazole rings is 1. The number of rotatable bonds is 7. The largest absolute Gasteiger partial charge is 0.497 e. The van der Waals surface area contributed by atoms with Crippen molar-refractivity contribution in [2.24, 2.45) is 0 Å². The molecule has 1 aromatic heterocycles. The third-order valence-corrected chi connectivity index (χ3v) is 5.03. The number of carbonyl (C=O) groups is 1. The van der Waals surface area contributed by atoms with Crippen LogP contribution in [-0.2, 0) is 6.42 Å². The lowest BCUT2D eigenvalue weighted by Gasteiger charge is -2.07. The van der Waals surface area contributed by atoms with Gasteiger partial charge in [0.05, 0.1) is 19.9 Å². The zero-order chi connectivity index (χ0) is 19.9. The Hall–Kier alpha value is -3.06. The fourth-order valence-corrected chi connectivity index (χ4v) is 3.47. The van der Waals surface area contributed by atoms with Gasteiger partial charge in [0.15, 0.2) is 5.13 Å². The number of methoxy groups -OCH3 is 2. The van der Waals surface area contributed by atoms with E-state index in [0.717, 1.165) is 40.3 Å². The fourth-order valence-electron chi connectivity index (χ4n) is 2.76. The van der Waals surface area contributed by atoms with E-state index in [1.165, 1.54) is 11.3 Å². The van der Waals surface area contributed by atoms with E-state index in [0.29, 0.717) is 11.7 Å². The lowest BCUT2D eigenvalue weighted by molar-refractivity contribution is 0.252. The van der Waals surface area contributed by atoms with Crippen molar-refractivity contribution in [3.63, 3.8) is 0 Å². The maximum Gasteiger partial charge on any atom is 0.321 e. The third-order valence-electron chi connectivity index (χ3n) is 4.27. The number of benzene rings is 2. The molecule has 2 N–H and O–H groups in total. The smallest absolute Gasteiger partial charge is 0.321 e. The number of hydrogen-bond donors (Lipinski definition) is 2. The van der Waals surface area contributed by atoms with Gasteiger partial charge in [0, 0.05) is 17.5 Å². The van der Waals surface area contributed by atoms with Gasteiger partial charge >= 0.3 is 6.03 Å². The van der Waals surface area contributed by atoms with Crippen molar-refractivity contribution in [3.05, 3.63) is 59.0 Å². The van der Waals surface area contributed by atoms with Crippen LogP contribution in [0.3, 0.4) is 0 Å². The molecular weight excluding hydrogens is 374 g/mol. The van der Waals surface area contributed by atoms with Gasteiger partial charge in [0.2, 0.25) is 0 Å². The second-order valence-electron chi connectivity index (χ2n) is 6.20. The molecule has 0 radical (unpaired) electrons. The van der Waals surface area contributed by atoms with Crippen LogP contribution in [0.5, 0.6) is 11.5 Å². The summed E-state index contributed by atoms with van der Waals surface area (Å²) in [6.07, 6.45) is 0.742. The van der Waals surface area contributed by atoms with Crippen LogP contribution in [-0.4, -0.2) is 31.8 Å². The first-order valence-electron chi connectivity index (χ1n) is 8.87. The Balaban J connectivity index is 1.51. The number of urea groups is 1. The van der Waals surface area contributed by atoms with Crippen molar-refractivity contribution < 1.29 is 14.3 Å². The Morgan fingerprint density at radius 3 is 2.57 bits per heavy atom.